The Hall–Kier alpha value is -1.43. The van der Waals surface area contributed by atoms with Gasteiger partial charge in [-0.15, -0.1) is 0 Å². The molecular weight excluding hydrogens is 160 g/mol. The number of benzene rings is 1. The summed E-state index contributed by atoms with van der Waals surface area (Å²) in [6, 6.07) is 6.72. The van der Waals surface area contributed by atoms with Crippen LogP contribution in [0, 0.1) is 11.3 Å². The van der Waals surface area contributed by atoms with Gasteiger partial charge in [-0.05, 0) is 17.2 Å². The fourth-order valence-corrected chi connectivity index (χ4v) is 0.967. The monoisotopic (exact) mass is 167 g/mol. The zero-order chi connectivity index (χ0) is 9.14. The van der Waals surface area contributed by atoms with Gasteiger partial charge in [0.25, 0.3) is 6.43 Å². The number of nitrogens with zero attached hydrogens (tertiary/aromatic N) is 1. The third-order valence-electron chi connectivity index (χ3n) is 1.52. The number of fused-ring (bicyclic) bond motifs is 1. The van der Waals surface area contributed by atoms with Crippen LogP contribution >= 0.6 is 0 Å². The average molecular weight is 167 g/mol. The van der Waals surface area contributed by atoms with E-state index in [4.69, 9.17) is 5.26 Å². The maximum Gasteiger partial charge on any atom is 0.264 e. The summed E-state index contributed by atoms with van der Waals surface area (Å²) in [5.74, 6) is 0. The highest BCUT2D eigenvalue weighted by Gasteiger charge is 2.22. The van der Waals surface area contributed by atoms with Gasteiger partial charge in [-0.2, -0.15) is 5.26 Å². The minimum Gasteiger partial charge on any atom is -0.205 e. The Morgan fingerprint density at radius 1 is 1.42 bits per heavy atom. The summed E-state index contributed by atoms with van der Waals surface area (Å²) in [4.78, 5) is 0. The molecule has 2 aliphatic carbocycles. The summed E-state index contributed by atoms with van der Waals surface area (Å²) < 4.78 is 23.7. The molecule has 0 bridgehead atoms. The van der Waals surface area contributed by atoms with E-state index in [-0.39, 0.29) is 5.56 Å². The Morgan fingerprint density at radius 2 is 2.00 bits per heavy atom. The van der Waals surface area contributed by atoms with Gasteiger partial charge in [0.15, 0.2) is 0 Å². The Labute approximate surface area is 69.2 Å². The van der Waals surface area contributed by atoms with Gasteiger partial charge in [0.05, 0.1) is 6.07 Å². The average Bonchev–Trinajstić information content (AvgIpc) is 2.63. The molecule has 0 saturated heterocycles. The number of nitriles is 1. The second-order valence-electron chi connectivity index (χ2n) is 2.33. The third kappa shape index (κ3) is 1.59. The van der Waals surface area contributed by atoms with Gasteiger partial charge in [-0.3, -0.25) is 0 Å². The Kier molecular flexibility index (Phi) is 2.39. The second-order valence-corrected chi connectivity index (χ2v) is 2.33. The Bertz CT molecular complexity index is 326. The van der Waals surface area contributed by atoms with Crippen LogP contribution < -0.4 is 0 Å². The molecule has 0 aromatic rings. The van der Waals surface area contributed by atoms with Crippen LogP contribution in [0.3, 0.4) is 0 Å². The van der Waals surface area contributed by atoms with E-state index in [1.165, 1.54) is 13.0 Å². The van der Waals surface area contributed by atoms with Crippen LogP contribution in [0.2, 0.25) is 0 Å². The summed E-state index contributed by atoms with van der Waals surface area (Å²) >= 11 is 0. The van der Waals surface area contributed by atoms with E-state index in [9.17, 15) is 8.78 Å². The van der Waals surface area contributed by atoms with Gasteiger partial charge in [0, 0.05) is 12.5 Å². The molecule has 0 atom stereocenters. The minimum atomic E-state index is -2.30. The number of hydrogen-bond acceptors (Lipinski definition) is 1. The maximum atomic E-state index is 11.9. The van der Waals surface area contributed by atoms with Crippen LogP contribution in [-0.4, -0.2) is 0 Å². The van der Waals surface area contributed by atoms with Crippen molar-refractivity contribution in [1.29, 1.82) is 5.26 Å². The zero-order valence-corrected chi connectivity index (χ0v) is 6.51. The molecule has 2 rings (SSSR count). The molecule has 1 nitrogen and oxygen atoms in total. The van der Waals surface area contributed by atoms with E-state index >= 15 is 0 Å². The Balaban J connectivity index is 0.000000213. The molecule has 0 aliphatic heterocycles. The molecule has 0 aromatic carbocycles. The fraction of sp³-hybridized carbons (Fsp3) is 0.222. The highest BCUT2D eigenvalue weighted by Crippen LogP contribution is 2.42. The van der Waals surface area contributed by atoms with E-state index in [1.54, 1.807) is 18.2 Å². The van der Waals surface area contributed by atoms with Gasteiger partial charge in [0.2, 0.25) is 0 Å². The van der Waals surface area contributed by atoms with Crippen molar-refractivity contribution in [3.63, 3.8) is 0 Å². The number of hydrogen-bond donors (Lipinski definition) is 0. The quantitative estimate of drug-likeness (QED) is 0.640. The summed E-state index contributed by atoms with van der Waals surface area (Å²) in [7, 11) is 0. The van der Waals surface area contributed by atoms with Crippen molar-refractivity contribution in [2.75, 3.05) is 0 Å². The summed E-state index contributed by atoms with van der Waals surface area (Å²) in [6.07, 6.45) is -2.30. The lowest BCUT2D eigenvalue weighted by Gasteiger charge is -1.90. The standard InChI is InChI=1S/C7H4F2.C2H3N/c8-7(9)5-2-1-4-3-6(4)5;1-2-3/h1-3,7H;1H3. The molecular formula is C9H7F2N. The molecule has 0 saturated carbocycles. The van der Waals surface area contributed by atoms with Gasteiger partial charge in [0.1, 0.15) is 0 Å². The molecule has 0 heterocycles. The van der Waals surface area contributed by atoms with Crippen molar-refractivity contribution >= 4 is 0 Å². The van der Waals surface area contributed by atoms with Crippen molar-refractivity contribution in [1.82, 2.24) is 0 Å². The van der Waals surface area contributed by atoms with Crippen molar-refractivity contribution in [2.45, 2.75) is 13.3 Å². The van der Waals surface area contributed by atoms with E-state index in [0.29, 0.717) is 0 Å². The van der Waals surface area contributed by atoms with Crippen LogP contribution in [0.4, 0.5) is 8.78 Å². The summed E-state index contributed by atoms with van der Waals surface area (Å²) in [5.41, 5.74) is 1.92. The smallest absolute Gasteiger partial charge is 0.205 e. The molecule has 0 unspecified atom stereocenters. The lowest BCUT2D eigenvalue weighted by atomic mass is 10.3. The maximum absolute atomic E-state index is 11.9. The van der Waals surface area contributed by atoms with E-state index < -0.39 is 6.43 Å². The van der Waals surface area contributed by atoms with Gasteiger partial charge < -0.3 is 0 Å². The van der Waals surface area contributed by atoms with Crippen molar-refractivity contribution in [2.24, 2.45) is 0 Å². The highest BCUT2D eigenvalue weighted by atomic mass is 19.3. The van der Waals surface area contributed by atoms with E-state index in [1.807, 2.05) is 0 Å². The van der Waals surface area contributed by atoms with Crippen LogP contribution in [-0.2, 0) is 0 Å². The first kappa shape index (κ1) is 8.66. The van der Waals surface area contributed by atoms with Crippen molar-refractivity contribution in [3.05, 3.63) is 23.8 Å². The molecule has 62 valence electrons. The number of rotatable bonds is 1. The molecule has 12 heavy (non-hydrogen) atoms. The largest absolute Gasteiger partial charge is 0.264 e. The van der Waals surface area contributed by atoms with Gasteiger partial charge in [-0.1, -0.05) is 12.1 Å². The highest BCUT2D eigenvalue weighted by molar-refractivity contribution is 5.84. The van der Waals surface area contributed by atoms with E-state index in [2.05, 4.69) is 0 Å². The molecule has 0 spiro atoms. The summed E-state index contributed by atoms with van der Waals surface area (Å²) in [6.45, 7) is 1.43. The molecule has 3 heteroatoms. The minimum absolute atomic E-state index is 0.185. The summed E-state index contributed by atoms with van der Waals surface area (Å²) in [5, 5.41) is 7.32. The number of alkyl halides is 2. The first-order chi connectivity index (χ1) is 5.70. The lowest BCUT2D eigenvalue weighted by Crippen LogP contribution is -1.75. The first-order valence-corrected chi connectivity index (χ1v) is 3.44. The van der Waals surface area contributed by atoms with E-state index in [0.717, 1.165) is 11.1 Å². The second kappa shape index (κ2) is 3.31. The SMILES string of the molecule is CC#N.FC(F)c1ccc2cc1-2. The van der Waals surface area contributed by atoms with Crippen molar-refractivity contribution in [3.8, 4) is 17.2 Å². The topological polar surface area (TPSA) is 23.8 Å². The van der Waals surface area contributed by atoms with Gasteiger partial charge >= 0.3 is 0 Å². The Morgan fingerprint density at radius 3 is 2.17 bits per heavy atom. The molecule has 0 N–H and O–H groups in total. The van der Waals surface area contributed by atoms with Crippen LogP contribution in [0.15, 0.2) is 18.2 Å². The molecule has 0 fully saturated rings. The lowest BCUT2D eigenvalue weighted by molar-refractivity contribution is 0.152. The molecule has 0 radical (unpaired) electrons. The normalized spacial score (nSPS) is 9.92. The third-order valence-corrected chi connectivity index (χ3v) is 1.52. The zero-order valence-electron chi connectivity index (χ0n) is 6.51. The predicted octanol–water partition coefficient (Wildman–Crippen LogP) is 3.13. The van der Waals surface area contributed by atoms with Gasteiger partial charge in [-0.25, -0.2) is 8.78 Å². The van der Waals surface area contributed by atoms with Crippen molar-refractivity contribution < 1.29 is 8.78 Å². The van der Waals surface area contributed by atoms with Crippen LogP contribution in [0.1, 0.15) is 18.9 Å². The first-order valence-electron chi connectivity index (χ1n) is 3.44. The van der Waals surface area contributed by atoms with Crippen LogP contribution in [0.25, 0.3) is 11.1 Å². The fourth-order valence-electron chi connectivity index (χ4n) is 0.967. The molecule has 2 aliphatic rings. The predicted molar refractivity (Wildman–Crippen MR) is 41.7 cm³/mol. The molecule has 0 aromatic heterocycles. The van der Waals surface area contributed by atoms with Crippen LogP contribution in [0.5, 0.6) is 0 Å². The number of halogens is 2. The molecule has 0 amide bonds.